The number of hydrazine groups is 1. The third kappa shape index (κ3) is 3.13. The van der Waals surface area contributed by atoms with Gasteiger partial charge >= 0.3 is 0 Å². The summed E-state index contributed by atoms with van der Waals surface area (Å²) in [6.45, 7) is 0. The lowest BCUT2D eigenvalue weighted by Gasteiger charge is -2.37. The van der Waals surface area contributed by atoms with E-state index in [2.05, 4.69) is 10.7 Å². The Labute approximate surface area is 155 Å². The molecule has 134 valence electrons. The van der Waals surface area contributed by atoms with Crippen LogP contribution in [0.15, 0.2) is 78.9 Å². The van der Waals surface area contributed by atoms with Gasteiger partial charge < -0.3 is 5.32 Å². The fraction of sp³-hybridized carbons (Fsp3) is 0.0476. The van der Waals surface area contributed by atoms with Crippen molar-refractivity contribution in [2.75, 3.05) is 5.32 Å². The molecule has 0 aliphatic carbocycles. The highest BCUT2D eigenvalue weighted by atomic mass is 19.1. The summed E-state index contributed by atoms with van der Waals surface area (Å²) in [4.78, 5) is 25.6. The first-order valence-corrected chi connectivity index (χ1v) is 8.45. The zero-order valence-corrected chi connectivity index (χ0v) is 14.2. The van der Waals surface area contributed by atoms with E-state index in [0.29, 0.717) is 16.8 Å². The van der Waals surface area contributed by atoms with Gasteiger partial charge in [0.2, 0.25) is 0 Å². The molecular formula is C21H16FN3O2. The molecule has 1 aliphatic heterocycles. The Hall–Kier alpha value is -3.67. The molecule has 1 heterocycles. The molecule has 3 aromatic carbocycles. The molecule has 5 nitrogen and oxygen atoms in total. The van der Waals surface area contributed by atoms with Crippen molar-refractivity contribution < 1.29 is 14.0 Å². The average Bonchev–Trinajstić information content (AvgIpc) is 2.71. The third-order valence-electron chi connectivity index (χ3n) is 4.38. The topological polar surface area (TPSA) is 61.4 Å². The van der Waals surface area contributed by atoms with Gasteiger partial charge in [-0.1, -0.05) is 48.5 Å². The highest BCUT2D eigenvalue weighted by Gasteiger charge is 2.35. The maximum absolute atomic E-state index is 14.4. The summed E-state index contributed by atoms with van der Waals surface area (Å²) in [6, 6.07) is 21.6. The van der Waals surface area contributed by atoms with E-state index in [4.69, 9.17) is 0 Å². The van der Waals surface area contributed by atoms with Crippen LogP contribution in [-0.4, -0.2) is 16.8 Å². The number of fused-ring (bicyclic) bond motifs is 1. The minimum atomic E-state index is -0.874. The van der Waals surface area contributed by atoms with Gasteiger partial charge in [0.25, 0.3) is 11.8 Å². The van der Waals surface area contributed by atoms with Crippen LogP contribution in [0.1, 0.15) is 32.4 Å². The lowest BCUT2D eigenvalue weighted by Crippen LogP contribution is -2.53. The second kappa shape index (κ2) is 6.92. The molecule has 0 saturated heterocycles. The number of halogens is 1. The van der Waals surface area contributed by atoms with Crippen molar-refractivity contribution in [2.24, 2.45) is 0 Å². The second-order valence-corrected chi connectivity index (χ2v) is 6.10. The minimum absolute atomic E-state index is 0.258. The maximum Gasteiger partial charge on any atom is 0.276 e. The fourth-order valence-electron chi connectivity index (χ4n) is 3.05. The Morgan fingerprint density at radius 3 is 2.37 bits per heavy atom. The molecule has 2 N–H and O–H groups in total. The number of rotatable bonds is 3. The van der Waals surface area contributed by atoms with Gasteiger partial charge in [0.15, 0.2) is 6.17 Å². The van der Waals surface area contributed by atoms with Crippen LogP contribution in [0.25, 0.3) is 0 Å². The Morgan fingerprint density at radius 1 is 0.926 bits per heavy atom. The van der Waals surface area contributed by atoms with Crippen molar-refractivity contribution in [1.82, 2.24) is 10.4 Å². The lowest BCUT2D eigenvalue weighted by atomic mass is 10.0. The van der Waals surface area contributed by atoms with Crippen LogP contribution in [0.5, 0.6) is 0 Å². The maximum atomic E-state index is 14.4. The molecule has 27 heavy (non-hydrogen) atoms. The summed E-state index contributed by atoms with van der Waals surface area (Å²) in [7, 11) is 0. The number of hydrogen-bond acceptors (Lipinski definition) is 3. The van der Waals surface area contributed by atoms with Crippen LogP contribution in [0.2, 0.25) is 0 Å². The highest BCUT2D eigenvalue weighted by Crippen LogP contribution is 2.32. The van der Waals surface area contributed by atoms with Crippen molar-refractivity contribution in [1.29, 1.82) is 0 Å². The van der Waals surface area contributed by atoms with Crippen LogP contribution in [0.4, 0.5) is 10.1 Å². The normalized spacial score (nSPS) is 15.7. The number of benzene rings is 3. The molecule has 0 unspecified atom stereocenters. The number of hydrogen-bond donors (Lipinski definition) is 2. The molecule has 6 heteroatoms. The van der Waals surface area contributed by atoms with Crippen molar-refractivity contribution in [3.05, 3.63) is 101 Å². The molecule has 2 amide bonds. The van der Waals surface area contributed by atoms with E-state index in [0.717, 1.165) is 5.01 Å². The summed E-state index contributed by atoms with van der Waals surface area (Å²) in [5.41, 5.74) is 4.26. The Kier molecular flexibility index (Phi) is 4.30. The number of para-hydroxylation sites is 1. The third-order valence-corrected chi connectivity index (χ3v) is 4.38. The van der Waals surface area contributed by atoms with E-state index in [1.165, 1.54) is 6.07 Å². The van der Waals surface area contributed by atoms with E-state index >= 15 is 0 Å². The van der Waals surface area contributed by atoms with Gasteiger partial charge in [0, 0.05) is 16.8 Å². The van der Waals surface area contributed by atoms with Gasteiger partial charge in [-0.3, -0.25) is 15.0 Å². The van der Waals surface area contributed by atoms with Gasteiger partial charge in [0.1, 0.15) is 5.82 Å². The zero-order valence-electron chi connectivity index (χ0n) is 14.2. The van der Waals surface area contributed by atoms with Gasteiger partial charge in [-0.2, -0.15) is 0 Å². The Morgan fingerprint density at radius 2 is 1.59 bits per heavy atom. The zero-order chi connectivity index (χ0) is 18.8. The number of nitrogens with one attached hydrogen (secondary N) is 2. The summed E-state index contributed by atoms with van der Waals surface area (Å²) in [5, 5.41) is 4.28. The van der Waals surface area contributed by atoms with Crippen LogP contribution >= 0.6 is 0 Å². The first-order chi connectivity index (χ1) is 13.1. The predicted octanol–water partition coefficient (Wildman–Crippen LogP) is 3.74. The lowest BCUT2D eigenvalue weighted by molar-refractivity contribution is 0.0487. The minimum Gasteiger partial charge on any atom is -0.359 e. The molecule has 1 atom stereocenters. The standard InChI is InChI=1S/C21H16FN3O2/c22-17-12-6-4-10-15(17)19-23-18-13-7-5-11-16(18)21(27)25(19)24-20(26)14-8-2-1-3-9-14/h1-13,19,23H,(H,24,26)/t19-/m0/s1. The molecule has 0 fully saturated rings. The van der Waals surface area contributed by atoms with Crippen molar-refractivity contribution >= 4 is 17.5 Å². The summed E-state index contributed by atoms with van der Waals surface area (Å²) >= 11 is 0. The Bertz CT molecular complexity index is 1010. The molecule has 3 aromatic rings. The molecule has 1 aliphatic rings. The Balaban J connectivity index is 1.74. The molecular weight excluding hydrogens is 345 g/mol. The van der Waals surface area contributed by atoms with Gasteiger partial charge in [-0.25, -0.2) is 9.40 Å². The quantitative estimate of drug-likeness (QED) is 0.747. The van der Waals surface area contributed by atoms with E-state index in [9.17, 15) is 14.0 Å². The smallest absolute Gasteiger partial charge is 0.276 e. The van der Waals surface area contributed by atoms with Gasteiger partial charge in [-0.15, -0.1) is 0 Å². The molecule has 0 bridgehead atoms. The van der Waals surface area contributed by atoms with Crippen LogP contribution in [0.3, 0.4) is 0 Å². The molecule has 4 rings (SSSR count). The monoisotopic (exact) mass is 361 g/mol. The van der Waals surface area contributed by atoms with Crippen molar-refractivity contribution in [2.45, 2.75) is 6.17 Å². The summed E-state index contributed by atoms with van der Waals surface area (Å²) < 4.78 is 14.4. The predicted molar refractivity (Wildman–Crippen MR) is 99.3 cm³/mol. The van der Waals surface area contributed by atoms with Crippen LogP contribution in [0, 0.1) is 5.82 Å². The SMILES string of the molecule is O=C(NN1C(=O)c2ccccc2N[C@@H]1c1ccccc1F)c1ccccc1. The number of nitrogens with zero attached hydrogens (tertiary/aromatic N) is 1. The number of amides is 2. The van der Waals surface area contributed by atoms with Crippen molar-refractivity contribution in [3.63, 3.8) is 0 Å². The van der Waals surface area contributed by atoms with Gasteiger partial charge in [-0.05, 0) is 30.3 Å². The first-order valence-electron chi connectivity index (χ1n) is 8.45. The van der Waals surface area contributed by atoms with Gasteiger partial charge in [0.05, 0.1) is 5.56 Å². The number of carbonyl (C=O) groups excluding carboxylic acids is 2. The highest BCUT2D eigenvalue weighted by molar-refractivity contribution is 6.03. The summed E-state index contributed by atoms with van der Waals surface area (Å²) in [5.74, 6) is -1.34. The van der Waals surface area contributed by atoms with Crippen LogP contribution < -0.4 is 10.7 Å². The number of anilines is 1. The fourth-order valence-corrected chi connectivity index (χ4v) is 3.05. The van der Waals surface area contributed by atoms with Crippen LogP contribution in [-0.2, 0) is 0 Å². The average molecular weight is 361 g/mol. The van der Waals surface area contributed by atoms with Crippen molar-refractivity contribution in [3.8, 4) is 0 Å². The second-order valence-electron chi connectivity index (χ2n) is 6.10. The van der Waals surface area contributed by atoms with E-state index in [1.54, 1.807) is 72.8 Å². The molecule has 0 saturated carbocycles. The summed E-state index contributed by atoms with van der Waals surface area (Å²) in [6.07, 6.45) is -0.874. The van der Waals surface area contributed by atoms with E-state index in [1.807, 2.05) is 0 Å². The van der Waals surface area contributed by atoms with E-state index < -0.39 is 23.8 Å². The largest absolute Gasteiger partial charge is 0.359 e. The molecule has 0 radical (unpaired) electrons. The molecule has 0 aromatic heterocycles. The number of carbonyl (C=O) groups is 2. The van der Waals surface area contributed by atoms with E-state index in [-0.39, 0.29) is 5.56 Å². The molecule has 0 spiro atoms. The first kappa shape index (κ1) is 16.8.